The molecule has 0 saturated heterocycles. The number of hydrogen-bond acceptors (Lipinski definition) is 3. The van der Waals surface area contributed by atoms with E-state index in [0.717, 1.165) is 0 Å². The van der Waals surface area contributed by atoms with Crippen molar-refractivity contribution in [2.24, 2.45) is 10.9 Å². The van der Waals surface area contributed by atoms with Gasteiger partial charge in [-0.15, -0.1) is 0 Å². The summed E-state index contributed by atoms with van der Waals surface area (Å²) >= 11 is 0. The number of hydrogen-bond donors (Lipinski definition) is 1. The van der Waals surface area contributed by atoms with Gasteiger partial charge in [-0.3, -0.25) is 0 Å². The van der Waals surface area contributed by atoms with Crippen LogP contribution in [0.1, 0.15) is 64.2 Å². The molecule has 2 N–H and O–H groups in total. The summed E-state index contributed by atoms with van der Waals surface area (Å²) < 4.78 is 0. The SMILES string of the molecule is NN(N=C1CCCCC1)C1CCCCC1. The molecule has 2 rings (SSSR count). The molecule has 15 heavy (non-hydrogen) atoms. The lowest BCUT2D eigenvalue weighted by molar-refractivity contribution is 0.164. The van der Waals surface area contributed by atoms with Crippen molar-refractivity contribution in [2.45, 2.75) is 70.3 Å². The summed E-state index contributed by atoms with van der Waals surface area (Å²) in [5, 5.41) is 6.35. The molecule has 0 aromatic carbocycles. The summed E-state index contributed by atoms with van der Waals surface area (Å²) in [6.45, 7) is 0. The van der Waals surface area contributed by atoms with Crippen molar-refractivity contribution in [1.29, 1.82) is 0 Å². The van der Waals surface area contributed by atoms with Gasteiger partial charge in [0.25, 0.3) is 0 Å². The second-order valence-corrected chi connectivity index (χ2v) is 4.90. The zero-order valence-corrected chi connectivity index (χ0v) is 9.62. The van der Waals surface area contributed by atoms with Gasteiger partial charge in [-0.2, -0.15) is 5.10 Å². The van der Waals surface area contributed by atoms with Crippen molar-refractivity contribution in [2.75, 3.05) is 0 Å². The lowest BCUT2D eigenvalue weighted by atomic mass is 9.95. The molecule has 2 aliphatic rings. The fraction of sp³-hybridized carbons (Fsp3) is 0.917. The average Bonchev–Trinajstić information content (AvgIpc) is 2.31. The number of rotatable bonds is 2. The number of nitrogens with two attached hydrogens (primary N) is 1. The van der Waals surface area contributed by atoms with Gasteiger partial charge in [-0.05, 0) is 38.5 Å². The van der Waals surface area contributed by atoms with Crippen LogP contribution in [-0.4, -0.2) is 16.9 Å². The van der Waals surface area contributed by atoms with Crippen molar-refractivity contribution < 1.29 is 0 Å². The number of hydrazone groups is 1. The van der Waals surface area contributed by atoms with Crippen LogP contribution >= 0.6 is 0 Å². The lowest BCUT2D eigenvalue weighted by Crippen LogP contribution is -2.39. The smallest absolute Gasteiger partial charge is 0.0640 e. The van der Waals surface area contributed by atoms with Gasteiger partial charge in [-0.25, -0.2) is 11.0 Å². The van der Waals surface area contributed by atoms with E-state index in [-0.39, 0.29) is 0 Å². The Labute approximate surface area is 92.7 Å². The third-order valence-electron chi connectivity index (χ3n) is 3.64. The van der Waals surface area contributed by atoms with Crippen LogP contribution in [0.25, 0.3) is 0 Å². The van der Waals surface area contributed by atoms with Crippen LogP contribution in [0.3, 0.4) is 0 Å². The first-order chi connectivity index (χ1) is 7.36. The van der Waals surface area contributed by atoms with Gasteiger partial charge in [0.2, 0.25) is 0 Å². The molecule has 0 aromatic heterocycles. The molecule has 3 nitrogen and oxygen atoms in total. The van der Waals surface area contributed by atoms with Crippen molar-refractivity contribution in [1.82, 2.24) is 5.12 Å². The monoisotopic (exact) mass is 209 g/mol. The Balaban J connectivity index is 1.85. The Hall–Kier alpha value is -0.570. The van der Waals surface area contributed by atoms with Crippen LogP contribution in [0.4, 0.5) is 0 Å². The first-order valence-corrected chi connectivity index (χ1v) is 6.46. The molecule has 0 unspecified atom stereocenters. The molecule has 0 spiro atoms. The molecule has 0 bridgehead atoms. The van der Waals surface area contributed by atoms with Gasteiger partial charge in [0.15, 0.2) is 0 Å². The largest absolute Gasteiger partial charge is 0.231 e. The second-order valence-electron chi connectivity index (χ2n) is 4.90. The molecule has 0 heterocycles. The molecule has 0 atom stereocenters. The summed E-state index contributed by atoms with van der Waals surface area (Å²) in [7, 11) is 0. The molecule has 0 amide bonds. The molecule has 2 aliphatic carbocycles. The zero-order valence-electron chi connectivity index (χ0n) is 9.62. The highest BCUT2D eigenvalue weighted by Crippen LogP contribution is 2.22. The summed E-state index contributed by atoms with van der Waals surface area (Å²) in [5.41, 5.74) is 1.33. The standard InChI is InChI=1S/C12H23N3/c13-15(12-9-5-2-6-10-12)14-11-7-3-1-4-8-11/h12H,1-10,13H2. The van der Waals surface area contributed by atoms with E-state index in [1.807, 2.05) is 0 Å². The highest BCUT2D eigenvalue weighted by molar-refractivity contribution is 5.84. The first kappa shape index (κ1) is 10.9. The Kier molecular flexibility index (Phi) is 4.01. The topological polar surface area (TPSA) is 41.6 Å². The maximum absolute atomic E-state index is 6.03. The minimum Gasteiger partial charge on any atom is -0.231 e. The number of hydrazine groups is 1. The van der Waals surface area contributed by atoms with Crippen LogP contribution in [0, 0.1) is 0 Å². The summed E-state index contributed by atoms with van der Waals surface area (Å²) in [6.07, 6.45) is 12.8. The van der Waals surface area contributed by atoms with Crippen LogP contribution in [0.2, 0.25) is 0 Å². The highest BCUT2D eigenvalue weighted by atomic mass is 15.6. The predicted octanol–water partition coefficient (Wildman–Crippen LogP) is 2.81. The minimum atomic E-state index is 0.508. The van der Waals surface area contributed by atoms with Gasteiger partial charge in [-0.1, -0.05) is 25.7 Å². The summed E-state index contributed by atoms with van der Waals surface area (Å²) in [6, 6.07) is 0.508. The van der Waals surface area contributed by atoms with Crippen LogP contribution in [-0.2, 0) is 0 Å². The fourth-order valence-electron chi connectivity index (χ4n) is 2.65. The molecular weight excluding hydrogens is 186 g/mol. The van der Waals surface area contributed by atoms with Crippen molar-refractivity contribution in [3.05, 3.63) is 0 Å². The third-order valence-corrected chi connectivity index (χ3v) is 3.64. The van der Waals surface area contributed by atoms with Crippen molar-refractivity contribution >= 4 is 5.71 Å². The normalized spacial score (nSPS) is 23.9. The Morgan fingerprint density at radius 2 is 1.53 bits per heavy atom. The molecular formula is C12H23N3. The molecule has 86 valence electrons. The first-order valence-electron chi connectivity index (χ1n) is 6.46. The Morgan fingerprint density at radius 1 is 0.933 bits per heavy atom. The Bertz CT molecular complexity index is 211. The molecule has 0 radical (unpaired) electrons. The predicted molar refractivity (Wildman–Crippen MR) is 63.4 cm³/mol. The van der Waals surface area contributed by atoms with Crippen LogP contribution in [0.5, 0.6) is 0 Å². The van der Waals surface area contributed by atoms with Crippen LogP contribution in [0.15, 0.2) is 5.10 Å². The van der Waals surface area contributed by atoms with E-state index >= 15 is 0 Å². The van der Waals surface area contributed by atoms with E-state index in [1.165, 1.54) is 69.9 Å². The van der Waals surface area contributed by atoms with E-state index < -0.39 is 0 Å². The van der Waals surface area contributed by atoms with Gasteiger partial charge in [0.1, 0.15) is 0 Å². The van der Waals surface area contributed by atoms with E-state index in [4.69, 9.17) is 5.84 Å². The molecule has 3 heteroatoms. The van der Waals surface area contributed by atoms with E-state index in [0.29, 0.717) is 6.04 Å². The fourth-order valence-corrected chi connectivity index (χ4v) is 2.65. The van der Waals surface area contributed by atoms with Crippen LogP contribution < -0.4 is 5.84 Å². The quantitative estimate of drug-likeness (QED) is 0.561. The van der Waals surface area contributed by atoms with E-state index in [2.05, 4.69) is 5.10 Å². The lowest BCUT2D eigenvalue weighted by Gasteiger charge is -2.29. The molecule has 2 saturated carbocycles. The molecule has 0 aromatic rings. The summed E-state index contributed by atoms with van der Waals surface area (Å²) in [5.74, 6) is 6.03. The summed E-state index contributed by atoms with van der Waals surface area (Å²) in [4.78, 5) is 0. The zero-order chi connectivity index (χ0) is 10.5. The van der Waals surface area contributed by atoms with E-state index in [1.54, 1.807) is 5.12 Å². The molecule has 2 fully saturated rings. The van der Waals surface area contributed by atoms with Crippen molar-refractivity contribution in [3.63, 3.8) is 0 Å². The van der Waals surface area contributed by atoms with Gasteiger partial charge >= 0.3 is 0 Å². The average molecular weight is 209 g/mol. The second kappa shape index (κ2) is 5.50. The maximum atomic E-state index is 6.03. The maximum Gasteiger partial charge on any atom is 0.0640 e. The van der Waals surface area contributed by atoms with Gasteiger partial charge in [0, 0.05) is 5.71 Å². The van der Waals surface area contributed by atoms with Crippen molar-refractivity contribution in [3.8, 4) is 0 Å². The van der Waals surface area contributed by atoms with E-state index in [9.17, 15) is 0 Å². The van der Waals surface area contributed by atoms with Gasteiger partial charge < -0.3 is 0 Å². The Morgan fingerprint density at radius 3 is 2.20 bits per heavy atom. The molecule has 0 aliphatic heterocycles. The third kappa shape index (κ3) is 3.20. The highest BCUT2D eigenvalue weighted by Gasteiger charge is 2.18. The number of nitrogens with zero attached hydrogens (tertiary/aromatic N) is 2. The minimum absolute atomic E-state index is 0.508. The van der Waals surface area contributed by atoms with Gasteiger partial charge in [0.05, 0.1) is 6.04 Å².